The van der Waals surface area contributed by atoms with Crippen molar-refractivity contribution in [2.75, 3.05) is 0 Å². The monoisotopic (exact) mass is 364 g/mol. The summed E-state index contributed by atoms with van der Waals surface area (Å²) in [5.74, 6) is 0.0648. The summed E-state index contributed by atoms with van der Waals surface area (Å²) in [6, 6.07) is 12.1. The molecule has 0 aromatic heterocycles. The zero-order chi connectivity index (χ0) is 19.6. The summed E-state index contributed by atoms with van der Waals surface area (Å²) < 4.78 is 5.49. The summed E-state index contributed by atoms with van der Waals surface area (Å²) in [6.45, 7) is 5.98. The number of benzene rings is 2. The Kier molecular flexibility index (Phi) is 5.36. The van der Waals surface area contributed by atoms with Crippen LogP contribution in [0.25, 0.3) is 6.08 Å². The molecule has 140 valence electrons. The van der Waals surface area contributed by atoms with Crippen molar-refractivity contribution in [1.29, 1.82) is 0 Å². The highest BCUT2D eigenvalue weighted by Crippen LogP contribution is 2.40. The lowest BCUT2D eigenvalue weighted by Gasteiger charge is -2.13. The molecule has 2 unspecified atom stereocenters. The SMILES string of the molecule is CC(C)=CCc1ccc(C2C(=O)O/C(=C\c3ccc(O)cc3)C2C)cc1O. The number of phenolic OH excluding ortho intramolecular Hbond substituents is 2. The largest absolute Gasteiger partial charge is 0.508 e. The van der Waals surface area contributed by atoms with Gasteiger partial charge in [0.05, 0.1) is 5.92 Å². The molecular weight excluding hydrogens is 340 g/mol. The fraction of sp³-hybridized carbons (Fsp3) is 0.261. The smallest absolute Gasteiger partial charge is 0.319 e. The Labute approximate surface area is 159 Å². The van der Waals surface area contributed by atoms with Gasteiger partial charge in [-0.05, 0) is 61.2 Å². The van der Waals surface area contributed by atoms with Gasteiger partial charge in [-0.3, -0.25) is 4.79 Å². The first-order valence-corrected chi connectivity index (χ1v) is 9.02. The van der Waals surface area contributed by atoms with Gasteiger partial charge in [0, 0.05) is 5.92 Å². The molecule has 1 heterocycles. The third-order valence-electron chi connectivity index (χ3n) is 4.82. The third kappa shape index (κ3) is 4.22. The molecule has 27 heavy (non-hydrogen) atoms. The van der Waals surface area contributed by atoms with E-state index in [0.29, 0.717) is 12.2 Å². The molecule has 0 saturated carbocycles. The van der Waals surface area contributed by atoms with Crippen molar-refractivity contribution in [3.8, 4) is 11.5 Å². The van der Waals surface area contributed by atoms with E-state index < -0.39 is 5.92 Å². The number of esters is 1. The van der Waals surface area contributed by atoms with E-state index in [1.54, 1.807) is 30.3 Å². The lowest BCUT2D eigenvalue weighted by molar-refractivity contribution is -0.136. The molecule has 2 N–H and O–H groups in total. The third-order valence-corrected chi connectivity index (χ3v) is 4.82. The molecule has 0 aliphatic carbocycles. The van der Waals surface area contributed by atoms with Gasteiger partial charge >= 0.3 is 5.97 Å². The van der Waals surface area contributed by atoms with Gasteiger partial charge in [0.2, 0.25) is 0 Å². The van der Waals surface area contributed by atoms with Gasteiger partial charge in [0.15, 0.2) is 0 Å². The van der Waals surface area contributed by atoms with Crippen molar-refractivity contribution in [2.24, 2.45) is 5.92 Å². The van der Waals surface area contributed by atoms with Crippen LogP contribution in [0.1, 0.15) is 43.4 Å². The maximum Gasteiger partial charge on any atom is 0.319 e. The first kappa shape index (κ1) is 18.8. The summed E-state index contributed by atoms with van der Waals surface area (Å²) in [5.41, 5.74) is 3.62. The Morgan fingerprint density at radius 2 is 1.81 bits per heavy atom. The zero-order valence-electron chi connectivity index (χ0n) is 15.8. The molecule has 1 aliphatic rings. The molecule has 0 bridgehead atoms. The second-order valence-electron chi connectivity index (χ2n) is 7.20. The van der Waals surface area contributed by atoms with Gasteiger partial charge in [0.25, 0.3) is 0 Å². The highest BCUT2D eigenvalue weighted by Gasteiger charge is 2.39. The van der Waals surface area contributed by atoms with Crippen molar-refractivity contribution in [3.05, 3.63) is 76.6 Å². The number of phenols is 2. The lowest BCUT2D eigenvalue weighted by Crippen LogP contribution is -2.11. The number of rotatable bonds is 4. The maximum absolute atomic E-state index is 12.5. The van der Waals surface area contributed by atoms with Crippen LogP contribution < -0.4 is 0 Å². The summed E-state index contributed by atoms with van der Waals surface area (Å²) in [4.78, 5) is 12.5. The molecule has 1 fully saturated rings. The number of carbonyl (C=O) groups excluding carboxylic acids is 1. The predicted molar refractivity (Wildman–Crippen MR) is 105 cm³/mol. The van der Waals surface area contributed by atoms with Crippen molar-refractivity contribution < 1.29 is 19.7 Å². The molecule has 4 nitrogen and oxygen atoms in total. The number of aromatic hydroxyl groups is 2. The van der Waals surface area contributed by atoms with Gasteiger partial charge < -0.3 is 14.9 Å². The van der Waals surface area contributed by atoms with Crippen LogP contribution in [0, 0.1) is 5.92 Å². The van der Waals surface area contributed by atoms with Crippen LogP contribution in [0.2, 0.25) is 0 Å². The normalized spacial score (nSPS) is 20.6. The minimum absolute atomic E-state index is 0.144. The molecule has 0 amide bonds. The highest BCUT2D eigenvalue weighted by atomic mass is 16.5. The minimum Gasteiger partial charge on any atom is -0.508 e. The van der Waals surface area contributed by atoms with Crippen LogP contribution in [0.5, 0.6) is 11.5 Å². The van der Waals surface area contributed by atoms with Gasteiger partial charge in [-0.25, -0.2) is 0 Å². The minimum atomic E-state index is -0.447. The van der Waals surface area contributed by atoms with Gasteiger partial charge in [-0.2, -0.15) is 0 Å². The van der Waals surface area contributed by atoms with Crippen LogP contribution in [-0.2, 0) is 16.0 Å². The average Bonchev–Trinajstić information content (AvgIpc) is 2.89. The first-order chi connectivity index (χ1) is 12.8. The Balaban J connectivity index is 1.84. The average molecular weight is 364 g/mol. The number of carbonyl (C=O) groups is 1. The van der Waals surface area contributed by atoms with E-state index in [0.717, 1.165) is 16.7 Å². The number of ether oxygens (including phenoxy) is 1. The van der Waals surface area contributed by atoms with Crippen LogP contribution in [-0.4, -0.2) is 16.2 Å². The van der Waals surface area contributed by atoms with E-state index in [1.165, 1.54) is 5.57 Å². The fourth-order valence-electron chi connectivity index (χ4n) is 3.22. The molecule has 0 radical (unpaired) electrons. The topological polar surface area (TPSA) is 66.8 Å². The van der Waals surface area contributed by atoms with E-state index in [4.69, 9.17) is 4.74 Å². The molecule has 2 aromatic rings. The van der Waals surface area contributed by atoms with Gasteiger partial charge in [-0.15, -0.1) is 0 Å². The molecule has 3 rings (SSSR count). The zero-order valence-corrected chi connectivity index (χ0v) is 15.8. The van der Waals surface area contributed by atoms with E-state index in [1.807, 2.05) is 39.0 Å². The number of cyclic esters (lactones) is 1. The Hall–Kier alpha value is -3.01. The molecule has 1 aliphatic heterocycles. The van der Waals surface area contributed by atoms with Crippen LogP contribution in [0.4, 0.5) is 0 Å². The number of hydrogen-bond donors (Lipinski definition) is 2. The van der Waals surface area contributed by atoms with Crippen LogP contribution in [0.15, 0.2) is 59.9 Å². The summed E-state index contributed by atoms with van der Waals surface area (Å²) in [5, 5.41) is 19.7. The van der Waals surface area contributed by atoms with E-state index >= 15 is 0 Å². The lowest BCUT2D eigenvalue weighted by atomic mass is 9.87. The van der Waals surface area contributed by atoms with Crippen molar-refractivity contribution in [2.45, 2.75) is 33.1 Å². The Morgan fingerprint density at radius 3 is 2.44 bits per heavy atom. The molecule has 1 saturated heterocycles. The van der Waals surface area contributed by atoms with Gasteiger partial charge in [-0.1, -0.05) is 42.8 Å². The van der Waals surface area contributed by atoms with Crippen molar-refractivity contribution in [1.82, 2.24) is 0 Å². The maximum atomic E-state index is 12.5. The first-order valence-electron chi connectivity index (χ1n) is 9.02. The molecular formula is C23H24O4. The van der Waals surface area contributed by atoms with Crippen LogP contribution >= 0.6 is 0 Å². The van der Waals surface area contributed by atoms with Crippen molar-refractivity contribution in [3.63, 3.8) is 0 Å². The van der Waals surface area contributed by atoms with Gasteiger partial charge in [0.1, 0.15) is 17.3 Å². The van der Waals surface area contributed by atoms with E-state index in [2.05, 4.69) is 6.08 Å². The Morgan fingerprint density at radius 1 is 1.11 bits per heavy atom. The number of allylic oxidation sites excluding steroid dienone is 3. The molecule has 2 atom stereocenters. The van der Waals surface area contributed by atoms with E-state index in [-0.39, 0.29) is 23.4 Å². The van der Waals surface area contributed by atoms with Crippen molar-refractivity contribution >= 4 is 12.0 Å². The highest BCUT2D eigenvalue weighted by molar-refractivity contribution is 5.84. The predicted octanol–water partition coefficient (Wildman–Crippen LogP) is 4.92. The quantitative estimate of drug-likeness (QED) is 0.597. The summed E-state index contributed by atoms with van der Waals surface area (Å²) >= 11 is 0. The summed E-state index contributed by atoms with van der Waals surface area (Å²) in [6.07, 6.45) is 4.52. The van der Waals surface area contributed by atoms with E-state index in [9.17, 15) is 15.0 Å². The standard InChI is InChI=1S/C23H24O4/c1-14(2)4-7-17-8-9-18(13-20(17)25)22-15(3)21(27-23(22)26)12-16-5-10-19(24)11-6-16/h4-6,8-13,15,22,24-25H,7H2,1-3H3/b21-12-. The molecule has 0 spiro atoms. The number of hydrogen-bond acceptors (Lipinski definition) is 4. The molecule has 2 aromatic carbocycles. The molecule has 4 heteroatoms. The summed E-state index contributed by atoms with van der Waals surface area (Å²) in [7, 11) is 0. The fourth-order valence-corrected chi connectivity index (χ4v) is 3.22. The second-order valence-corrected chi connectivity index (χ2v) is 7.20. The Bertz CT molecular complexity index is 902. The second kappa shape index (κ2) is 7.70. The van der Waals surface area contributed by atoms with Crippen LogP contribution in [0.3, 0.4) is 0 Å².